The number of halogens is 5. The first-order chi connectivity index (χ1) is 13.2. The third-order valence-corrected chi connectivity index (χ3v) is 5.15. The third kappa shape index (κ3) is 2.79. The van der Waals surface area contributed by atoms with Gasteiger partial charge in [-0.3, -0.25) is 4.98 Å². The van der Waals surface area contributed by atoms with E-state index in [1.165, 1.54) is 18.2 Å². The number of pyridine rings is 1. The van der Waals surface area contributed by atoms with Gasteiger partial charge in [0.1, 0.15) is 22.9 Å². The summed E-state index contributed by atoms with van der Waals surface area (Å²) in [5.74, 6) is -0.654. The predicted octanol–water partition coefficient (Wildman–Crippen LogP) is 5.01. The molecule has 0 amide bonds. The van der Waals surface area contributed by atoms with Crippen LogP contribution in [-0.2, 0) is 11.7 Å². The smallest absolute Gasteiger partial charge is 0.383 e. The minimum Gasteiger partial charge on any atom is -0.383 e. The number of benzene rings is 2. The molecule has 0 saturated heterocycles. The molecule has 1 aromatic heterocycles. The highest BCUT2D eigenvalue weighted by molar-refractivity contribution is 9.10. The first-order valence-electron chi connectivity index (χ1n) is 8.18. The van der Waals surface area contributed by atoms with E-state index in [2.05, 4.69) is 25.9 Å². The summed E-state index contributed by atoms with van der Waals surface area (Å²) in [4.78, 5) is 7.92. The molecule has 2 N–H and O–H groups in total. The average Bonchev–Trinajstić information content (AvgIpc) is 2.96. The topological polar surface area (TPSA) is 51.3 Å². The molecule has 3 nitrogen and oxygen atoms in total. The predicted molar refractivity (Wildman–Crippen MR) is 100 cm³/mol. The zero-order valence-electron chi connectivity index (χ0n) is 14.1. The molecular formula is C20H12BrF4N3. The summed E-state index contributed by atoms with van der Waals surface area (Å²) in [6.45, 7) is 0. The van der Waals surface area contributed by atoms with Gasteiger partial charge in [0.2, 0.25) is 0 Å². The van der Waals surface area contributed by atoms with Crippen molar-refractivity contribution in [2.75, 3.05) is 0 Å². The quantitative estimate of drug-likeness (QED) is 0.558. The van der Waals surface area contributed by atoms with Crippen LogP contribution in [0.15, 0.2) is 70.3 Å². The third-order valence-electron chi connectivity index (χ3n) is 4.66. The van der Waals surface area contributed by atoms with Gasteiger partial charge in [0.15, 0.2) is 0 Å². The van der Waals surface area contributed by atoms with Crippen LogP contribution in [0.1, 0.15) is 27.9 Å². The van der Waals surface area contributed by atoms with Gasteiger partial charge in [-0.05, 0) is 41.5 Å². The molecule has 0 fully saturated rings. The Morgan fingerprint density at radius 1 is 0.964 bits per heavy atom. The van der Waals surface area contributed by atoms with Gasteiger partial charge in [-0.25, -0.2) is 9.38 Å². The van der Waals surface area contributed by atoms with E-state index >= 15 is 0 Å². The highest BCUT2D eigenvalue weighted by Crippen LogP contribution is 2.47. The van der Waals surface area contributed by atoms with E-state index in [0.29, 0.717) is 15.6 Å². The summed E-state index contributed by atoms with van der Waals surface area (Å²) in [5, 5.41) is 0. The SMILES string of the molecule is NC1=NC(c2cccc(Br)c2)(c2ccnc(C(F)(F)F)c2)c2cccc(F)c21. The van der Waals surface area contributed by atoms with Crippen molar-refractivity contribution in [1.29, 1.82) is 0 Å². The van der Waals surface area contributed by atoms with Crippen LogP contribution < -0.4 is 5.73 Å². The van der Waals surface area contributed by atoms with E-state index in [4.69, 9.17) is 5.73 Å². The van der Waals surface area contributed by atoms with Gasteiger partial charge >= 0.3 is 6.18 Å². The van der Waals surface area contributed by atoms with Crippen LogP contribution in [0.3, 0.4) is 0 Å². The number of hydrogen-bond donors (Lipinski definition) is 1. The summed E-state index contributed by atoms with van der Waals surface area (Å²) < 4.78 is 55.1. The van der Waals surface area contributed by atoms with Gasteiger partial charge in [-0.2, -0.15) is 13.2 Å². The van der Waals surface area contributed by atoms with Crippen LogP contribution in [0.25, 0.3) is 0 Å². The molecule has 1 aliphatic heterocycles. The van der Waals surface area contributed by atoms with E-state index in [9.17, 15) is 17.6 Å². The van der Waals surface area contributed by atoms with Gasteiger partial charge in [0.25, 0.3) is 0 Å². The summed E-state index contributed by atoms with van der Waals surface area (Å²) >= 11 is 3.38. The van der Waals surface area contributed by atoms with Crippen molar-refractivity contribution in [3.05, 3.63) is 99.0 Å². The first kappa shape index (κ1) is 18.6. The number of amidine groups is 1. The second-order valence-electron chi connectivity index (χ2n) is 6.31. The largest absolute Gasteiger partial charge is 0.433 e. The van der Waals surface area contributed by atoms with Crippen LogP contribution in [0.5, 0.6) is 0 Å². The normalized spacial score (nSPS) is 18.7. The fourth-order valence-corrected chi connectivity index (χ4v) is 3.91. The Kier molecular flexibility index (Phi) is 4.26. The highest BCUT2D eigenvalue weighted by atomic mass is 79.9. The monoisotopic (exact) mass is 449 g/mol. The maximum Gasteiger partial charge on any atom is 0.433 e. The summed E-state index contributed by atoms with van der Waals surface area (Å²) in [6, 6.07) is 13.7. The van der Waals surface area contributed by atoms with Crippen LogP contribution in [0, 0.1) is 5.82 Å². The van der Waals surface area contributed by atoms with E-state index in [0.717, 1.165) is 12.3 Å². The van der Waals surface area contributed by atoms with E-state index in [1.807, 2.05) is 0 Å². The number of fused-ring (bicyclic) bond motifs is 1. The Bertz CT molecular complexity index is 1110. The summed E-state index contributed by atoms with van der Waals surface area (Å²) in [7, 11) is 0. The fourth-order valence-electron chi connectivity index (χ4n) is 3.51. The minimum absolute atomic E-state index is 0.0709. The van der Waals surface area contributed by atoms with Crippen molar-refractivity contribution in [2.24, 2.45) is 10.7 Å². The molecule has 2 heterocycles. The Labute approximate surface area is 166 Å². The molecule has 8 heteroatoms. The number of alkyl halides is 3. The van der Waals surface area contributed by atoms with Crippen LogP contribution in [-0.4, -0.2) is 10.8 Å². The number of rotatable bonds is 2. The number of nitrogens with zero attached hydrogens (tertiary/aromatic N) is 2. The Morgan fingerprint density at radius 3 is 2.39 bits per heavy atom. The molecule has 142 valence electrons. The van der Waals surface area contributed by atoms with Gasteiger partial charge in [-0.15, -0.1) is 0 Å². The molecule has 1 aliphatic rings. The number of aromatic nitrogens is 1. The molecule has 0 spiro atoms. The lowest BCUT2D eigenvalue weighted by Crippen LogP contribution is -2.26. The molecule has 0 aliphatic carbocycles. The lowest BCUT2D eigenvalue weighted by atomic mass is 9.77. The van der Waals surface area contributed by atoms with Gasteiger partial charge < -0.3 is 5.73 Å². The van der Waals surface area contributed by atoms with Crippen molar-refractivity contribution < 1.29 is 17.6 Å². The van der Waals surface area contributed by atoms with Gasteiger partial charge in [-0.1, -0.05) is 40.2 Å². The first-order valence-corrected chi connectivity index (χ1v) is 8.97. The van der Waals surface area contributed by atoms with Crippen LogP contribution >= 0.6 is 15.9 Å². The molecular weight excluding hydrogens is 438 g/mol. The second kappa shape index (κ2) is 6.41. The molecule has 0 bridgehead atoms. The lowest BCUT2D eigenvalue weighted by Gasteiger charge is -2.29. The lowest BCUT2D eigenvalue weighted by molar-refractivity contribution is -0.141. The standard InChI is InChI=1S/C20H12BrF4N3/c21-13-4-1-3-11(9-13)19(12-7-8-27-16(10-12)20(23,24)25)14-5-2-6-15(22)17(14)18(26)28-19/h1-10H,(H2,26,28). The summed E-state index contributed by atoms with van der Waals surface area (Å²) in [6.07, 6.45) is -3.56. The molecule has 0 saturated carbocycles. The Balaban J connectivity index is 2.09. The number of aliphatic imine (C=N–C) groups is 1. The zero-order chi connectivity index (χ0) is 20.1. The highest BCUT2D eigenvalue weighted by Gasteiger charge is 2.45. The van der Waals surface area contributed by atoms with Crippen molar-refractivity contribution in [3.63, 3.8) is 0 Å². The Hall–Kier alpha value is -2.74. The van der Waals surface area contributed by atoms with Crippen molar-refractivity contribution >= 4 is 21.8 Å². The number of nitrogens with two attached hydrogens (primary N) is 1. The average molecular weight is 450 g/mol. The molecule has 1 atom stereocenters. The Morgan fingerprint density at radius 2 is 1.68 bits per heavy atom. The van der Waals surface area contributed by atoms with Crippen LogP contribution in [0.2, 0.25) is 0 Å². The van der Waals surface area contributed by atoms with Gasteiger partial charge in [0, 0.05) is 16.2 Å². The van der Waals surface area contributed by atoms with Crippen LogP contribution in [0.4, 0.5) is 17.6 Å². The van der Waals surface area contributed by atoms with E-state index < -0.39 is 23.2 Å². The maximum absolute atomic E-state index is 14.5. The molecule has 3 aromatic rings. The zero-order valence-corrected chi connectivity index (χ0v) is 15.7. The maximum atomic E-state index is 14.5. The second-order valence-corrected chi connectivity index (χ2v) is 7.22. The van der Waals surface area contributed by atoms with Crippen molar-refractivity contribution in [1.82, 2.24) is 4.98 Å². The molecule has 4 rings (SSSR count). The van der Waals surface area contributed by atoms with E-state index in [-0.39, 0.29) is 17.0 Å². The molecule has 2 aromatic carbocycles. The summed E-state index contributed by atoms with van der Waals surface area (Å²) in [5.41, 5.74) is 4.75. The van der Waals surface area contributed by atoms with Crippen molar-refractivity contribution in [2.45, 2.75) is 11.7 Å². The minimum atomic E-state index is -4.63. The van der Waals surface area contributed by atoms with E-state index in [1.54, 1.807) is 30.3 Å². The molecule has 0 radical (unpaired) electrons. The van der Waals surface area contributed by atoms with Crippen molar-refractivity contribution in [3.8, 4) is 0 Å². The molecule has 1 unspecified atom stereocenters. The molecule has 28 heavy (non-hydrogen) atoms. The fraction of sp³-hybridized carbons (Fsp3) is 0.100. The number of hydrogen-bond acceptors (Lipinski definition) is 3. The van der Waals surface area contributed by atoms with Gasteiger partial charge in [0.05, 0.1) is 5.56 Å².